The summed E-state index contributed by atoms with van der Waals surface area (Å²) in [6.45, 7) is 35.4. The molecule has 426 valence electrons. The van der Waals surface area contributed by atoms with E-state index in [1.54, 1.807) is 6.07 Å². The van der Waals surface area contributed by atoms with Crippen molar-refractivity contribution < 1.29 is 38.1 Å². The number of aromatic nitrogens is 2. The van der Waals surface area contributed by atoms with E-state index in [1.165, 1.54) is 11.1 Å². The molecule has 2 aromatic heterocycles. The third-order valence-electron chi connectivity index (χ3n) is 17.1. The number of benzene rings is 8. The zero-order chi connectivity index (χ0) is 66.6. The molecule has 2 aliphatic rings. The monoisotopic (exact) mass is 1290 g/mol. The predicted octanol–water partition coefficient (Wildman–Crippen LogP) is 21.0. The third-order valence-corrected chi connectivity index (χ3v) is 17.1. The van der Waals surface area contributed by atoms with Gasteiger partial charge in [0.25, 0.3) is 11.4 Å². The molecule has 0 saturated heterocycles. The molecule has 0 fully saturated rings. The van der Waals surface area contributed by atoms with E-state index in [-0.39, 0.29) is 90.1 Å². The number of para-hydroxylation sites is 4. The molecule has 3 heterocycles. The molecule has 6 heteroatoms. The molecular weight excluding hydrogens is 1200 g/mol. The number of hydrogen-bond acceptors (Lipinski definition) is 2. The Bertz CT molecular complexity index is 4810. The van der Waals surface area contributed by atoms with Crippen molar-refractivity contribution in [1.29, 1.82) is 0 Å². The molecule has 0 spiro atoms. The van der Waals surface area contributed by atoms with Crippen LogP contribution in [0.25, 0.3) is 61.0 Å². The smallest absolute Gasteiger partial charge is 0.509 e. The van der Waals surface area contributed by atoms with Crippen LogP contribution in [-0.2, 0) is 53.6 Å². The molecule has 84 heavy (non-hydrogen) atoms. The minimum Gasteiger partial charge on any atom is -0.509 e. The Morgan fingerprint density at radius 1 is 0.560 bits per heavy atom. The minimum atomic E-state index is -0.474. The summed E-state index contributed by atoms with van der Waals surface area (Å²) < 4.78 is 94.5. The maximum atomic E-state index is 9.52. The third kappa shape index (κ3) is 10.4. The number of rotatable bonds is 8. The van der Waals surface area contributed by atoms with Gasteiger partial charge in [0, 0.05) is 40.9 Å². The number of ether oxygens (including phenoxy) is 1. The molecular formula is C78H80N4OPt+2. The van der Waals surface area contributed by atoms with Crippen LogP contribution in [0, 0.1) is 12.1 Å². The number of hydrogen-bond donors (Lipinski definition) is 0. The second kappa shape index (κ2) is 21.0. The Morgan fingerprint density at radius 2 is 1.17 bits per heavy atom. The van der Waals surface area contributed by atoms with Gasteiger partial charge in [0.05, 0.1) is 23.5 Å². The van der Waals surface area contributed by atoms with E-state index in [1.807, 2.05) is 80.6 Å². The second-order valence-electron chi connectivity index (χ2n) is 28.2. The van der Waals surface area contributed by atoms with Gasteiger partial charge in [-0.3, -0.25) is 0 Å². The average Bonchev–Trinajstić information content (AvgIpc) is 1.66. The molecule has 5 nitrogen and oxygen atoms in total. The summed E-state index contributed by atoms with van der Waals surface area (Å²) in [5.41, 5.74) is 13.0. The first kappa shape index (κ1) is 47.9. The topological polar surface area (TPSA) is 33.1 Å². The van der Waals surface area contributed by atoms with Gasteiger partial charge in [-0.1, -0.05) is 241 Å². The van der Waals surface area contributed by atoms with Crippen LogP contribution in [0.3, 0.4) is 0 Å². The molecule has 10 aromatic rings. The summed E-state index contributed by atoms with van der Waals surface area (Å²) in [4.78, 5) is 5.27. The van der Waals surface area contributed by atoms with Crippen LogP contribution in [0.1, 0.15) is 169 Å². The summed E-state index contributed by atoms with van der Waals surface area (Å²) in [6.07, 6.45) is 4.06. The Balaban J connectivity index is 0.00000884. The van der Waals surface area contributed by atoms with E-state index in [2.05, 4.69) is 171 Å². The largest absolute Gasteiger partial charge is 2.00 e. The summed E-state index contributed by atoms with van der Waals surface area (Å²) in [6, 6.07) is 44.5. The molecule has 0 amide bonds. The van der Waals surface area contributed by atoms with Crippen LogP contribution in [0.15, 0.2) is 170 Å². The van der Waals surface area contributed by atoms with Gasteiger partial charge in [-0.15, -0.1) is 23.1 Å². The van der Waals surface area contributed by atoms with Crippen molar-refractivity contribution in [2.75, 3.05) is 0 Å². The van der Waals surface area contributed by atoms with Crippen LogP contribution in [-0.4, -0.2) is 15.6 Å². The molecule has 1 aliphatic carbocycles. The standard InChI is InChI=1S/C78H80N4O.Pt/c1-73(2,3)52-42-51(43-53(44-52)74(4,5)6)57-30-24-29-56(50-26-18-17-19-27-50)72(57)81-49-80(66-34-22-23-35-67(66)81)54-36-39-62(75(7,8)9)69(45-54)83-55-37-38-59-58-28-20-21-33-65(58)82(68(59)46-55)70-47-64(76(10,11)12)61(48-79-70)60-31-25-32-63-71(60)78(15,16)41-40-77(63,13)14;/h17-39,42-44,47-48H,40-41H2,1-16H3;/q;+2/i17D,18D,19D,20D,21D,26D,27D,28D,33D;. The maximum absolute atomic E-state index is 9.52. The predicted molar refractivity (Wildman–Crippen MR) is 350 cm³/mol. The van der Waals surface area contributed by atoms with Crippen LogP contribution in [0.2, 0.25) is 0 Å². The molecule has 12 rings (SSSR count). The number of nitrogens with zero attached hydrogens (tertiary/aromatic N) is 4. The van der Waals surface area contributed by atoms with Crippen LogP contribution >= 0.6 is 0 Å². The molecule has 1 aliphatic heterocycles. The van der Waals surface area contributed by atoms with E-state index >= 15 is 0 Å². The first-order valence-electron chi connectivity index (χ1n) is 33.6. The van der Waals surface area contributed by atoms with Crippen LogP contribution in [0.5, 0.6) is 11.5 Å². The summed E-state index contributed by atoms with van der Waals surface area (Å²) in [7, 11) is 0. The van der Waals surface area contributed by atoms with Gasteiger partial charge >= 0.3 is 27.1 Å². The van der Waals surface area contributed by atoms with E-state index < -0.39 is 29.0 Å². The van der Waals surface area contributed by atoms with E-state index in [0.717, 1.165) is 68.7 Å². The Morgan fingerprint density at radius 3 is 1.83 bits per heavy atom. The Labute approximate surface area is 526 Å². The zero-order valence-corrected chi connectivity index (χ0v) is 53.7. The van der Waals surface area contributed by atoms with Crippen LogP contribution in [0.4, 0.5) is 22.7 Å². The summed E-state index contributed by atoms with van der Waals surface area (Å²) >= 11 is 0. The second-order valence-corrected chi connectivity index (χ2v) is 28.2. The van der Waals surface area contributed by atoms with Crippen molar-refractivity contribution in [1.82, 2.24) is 18.7 Å². The fourth-order valence-corrected chi connectivity index (χ4v) is 12.3. The van der Waals surface area contributed by atoms with Crippen molar-refractivity contribution in [2.45, 2.75) is 156 Å². The van der Waals surface area contributed by atoms with Gasteiger partial charge in [0.15, 0.2) is 0 Å². The quantitative estimate of drug-likeness (QED) is 0.112. The van der Waals surface area contributed by atoms with Crippen molar-refractivity contribution in [3.8, 4) is 50.7 Å². The molecule has 0 atom stereocenters. The molecule has 0 unspecified atom stereocenters. The SMILES string of the molecule is [2H]c1c([2H])c([2H])c(-c2cccc(-c3cc(C(C)(C)C)cc(C(C)(C)C)c3)c2[N+]2=C=[N+](c3[c-]c(Oc4[c-]c5c(cc4)c4c([2H])c([2H])c([2H])c([2H])c4n5-c4cc(C(C)(C)C)c(-c5cccc6c5C(C)(C)CCC6(C)C)cn4)c(C(C)(C)C)cc3)c3ccccc32)c([2H])c1[2H].[Pt+2]. The van der Waals surface area contributed by atoms with Gasteiger partial charge in [0.2, 0.25) is 5.69 Å². The molecule has 8 aromatic carbocycles. The summed E-state index contributed by atoms with van der Waals surface area (Å²) in [5.74, 6) is 1.19. The number of pyridine rings is 1. The van der Waals surface area contributed by atoms with Crippen molar-refractivity contribution in [3.63, 3.8) is 0 Å². The molecule has 0 radical (unpaired) electrons. The fourth-order valence-electron chi connectivity index (χ4n) is 12.3. The van der Waals surface area contributed by atoms with Crippen molar-refractivity contribution in [2.24, 2.45) is 0 Å². The van der Waals surface area contributed by atoms with Crippen molar-refractivity contribution >= 4 is 50.6 Å². The fraction of sp³-hybridized carbons (Fsp3) is 0.308. The molecule has 0 N–H and O–H groups in total. The van der Waals surface area contributed by atoms with E-state index in [0.29, 0.717) is 50.5 Å². The summed E-state index contributed by atoms with van der Waals surface area (Å²) in [5, 5.41) is 0.900. The first-order chi connectivity index (χ1) is 42.9. The van der Waals surface area contributed by atoms with Gasteiger partial charge in [-0.2, -0.15) is 12.1 Å². The minimum absolute atomic E-state index is 0. The molecule has 0 bridgehead atoms. The normalized spacial score (nSPS) is 16.4. The average molecular weight is 1290 g/mol. The van der Waals surface area contributed by atoms with Crippen molar-refractivity contribution in [3.05, 3.63) is 215 Å². The van der Waals surface area contributed by atoms with Gasteiger partial charge in [0.1, 0.15) is 11.5 Å². The first-order valence-corrected chi connectivity index (χ1v) is 29.1. The van der Waals surface area contributed by atoms with Gasteiger partial charge < -0.3 is 9.30 Å². The number of fused-ring (bicyclic) bond motifs is 5. The zero-order valence-electron chi connectivity index (χ0n) is 60.4. The maximum Gasteiger partial charge on any atom is 2.00 e. The van der Waals surface area contributed by atoms with E-state index in [9.17, 15) is 5.48 Å². The van der Waals surface area contributed by atoms with Gasteiger partial charge in [-0.25, -0.2) is 4.98 Å². The molecule has 0 saturated carbocycles. The van der Waals surface area contributed by atoms with E-state index in [4.69, 9.17) is 16.6 Å². The van der Waals surface area contributed by atoms with Gasteiger partial charge in [-0.05, 0) is 119 Å². The van der Waals surface area contributed by atoms with Crippen LogP contribution < -0.4 is 13.9 Å². The Hall–Kier alpha value is -7.42. The Kier molecular flexibility index (Phi) is 12.0.